The lowest BCUT2D eigenvalue weighted by molar-refractivity contribution is 0.0971. The fourth-order valence-corrected chi connectivity index (χ4v) is 5.52. The van der Waals surface area contributed by atoms with Gasteiger partial charge in [0.25, 0.3) is 0 Å². The molecule has 0 saturated carbocycles. The smallest absolute Gasteiger partial charge is 0.182 e. The summed E-state index contributed by atoms with van der Waals surface area (Å²) in [5.74, 6) is 0.908. The first-order valence-corrected chi connectivity index (χ1v) is 14.0. The topological polar surface area (TPSA) is 92.0 Å². The van der Waals surface area contributed by atoms with Crippen molar-refractivity contribution in [1.82, 2.24) is 19.4 Å². The van der Waals surface area contributed by atoms with Crippen LogP contribution in [-0.2, 0) is 13.1 Å². The Labute approximate surface area is 219 Å². The zero-order chi connectivity index (χ0) is 26.4. The van der Waals surface area contributed by atoms with Gasteiger partial charge < -0.3 is 23.8 Å². The summed E-state index contributed by atoms with van der Waals surface area (Å²) in [5.41, 5.74) is 4.88. The molecule has 8 nitrogen and oxygen atoms in total. The number of hydrogen-bond acceptors (Lipinski definition) is 6. The average molecular weight is 517 g/mol. The van der Waals surface area contributed by atoms with Crippen LogP contribution in [0.2, 0.25) is 0 Å². The molecule has 0 spiro atoms. The third kappa shape index (κ3) is 5.39. The predicted octanol–water partition coefficient (Wildman–Crippen LogP) is 5.09. The molecule has 1 N–H and O–H groups in total. The van der Waals surface area contributed by atoms with E-state index in [0.717, 1.165) is 61.9 Å². The van der Waals surface area contributed by atoms with Crippen LogP contribution >= 0.6 is 8.20 Å². The third-order valence-electron chi connectivity index (χ3n) is 6.34. The quantitative estimate of drug-likeness (QED) is 0.284. The second-order valence-corrected chi connectivity index (χ2v) is 9.55. The average Bonchev–Trinajstić information content (AvgIpc) is 3.56. The molecule has 1 aliphatic rings. The van der Waals surface area contributed by atoms with Crippen LogP contribution < -0.4 is 10.2 Å². The van der Waals surface area contributed by atoms with E-state index >= 15 is 0 Å². The first-order valence-electron chi connectivity index (χ1n) is 12.6. The van der Waals surface area contributed by atoms with Crippen LogP contribution in [0, 0.1) is 23.3 Å². The van der Waals surface area contributed by atoms with Gasteiger partial charge in [-0.3, -0.25) is 4.79 Å². The monoisotopic (exact) mass is 516 g/mol. The van der Waals surface area contributed by atoms with E-state index < -0.39 is 0 Å². The Balaban J connectivity index is 0.00000156. The van der Waals surface area contributed by atoms with Crippen molar-refractivity contribution in [3.63, 3.8) is 0 Å². The van der Waals surface area contributed by atoms with Gasteiger partial charge in [-0.2, -0.15) is 5.26 Å². The number of rotatable bonds is 6. The zero-order valence-electron chi connectivity index (χ0n) is 21.9. The number of carbonyl (C=O) groups excluding carboxylic acids is 1. The molecule has 4 aromatic rings. The number of carbonyl (C=O) groups is 1. The number of fused-ring (bicyclic) bond motifs is 1. The van der Waals surface area contributed by atoms with Crippen molar-refractivity contribution in [2.45, 2.75) is 33.9 Å². The number of hydrogen-bond donors (Lipinski definition) is 1. The number of piperazine rings is 1. The van der Waals surface area contributed by atoms with E-state index in [1.807, 2.05) is 62.3 Å². The van der Waals surface area contributed by atoms with Crippen LogP contribution in [0.15, 0.2) is 53.6 Å². The van der Waals surface area contributed by atoms with Gasteiger partial charge in [0, 0.05) is 37.3 Å². The lowest BCUT2D eigenvalue weighted by atomic mass is 10.1. The van der Waals surface area contributed by atoms with Crippen LogP contribution in [0.4, 0.5) is 5.82 Å². The van der Waals surface area contributed by atoms with Gasteiger partial charge in [0.1, 0.15) is 23.0 Å². The maximum atomic E-state index is 13.1. The zero-order valence-corrected chi connectivity index (χ0v) is 22.8. The van der Waals surface area contributed by atoms with Crippen molar-refractivity contribution in [3.05, 3.63) is 76.5 Å². The Morgan fingerprint density at radius 1 is 1.24 bits per heavy atom. The summed E-state index contributed by atoms with van der Waals surface area (Å²) in [5, 5.41) is 14.6. The molecule has 0 bridgehead atoms. The Morgan fingerprint density at radius 2 is 2.03 bits per heavy atom. The molecule has 1 saturated heterocycles. The highest BCUT2D eigenvalue weighted by atomic mass is 31.1. The highest BCUT2D eigenvalue weighted by Gasteiger charge is 2.26. The Hall–Kier alpha value is -3.66. The van der Waals surface area contributed by atoms with E-state index in [0.29, 0.717) is 23.2 Å². The van der Waals surface area contributed by atoms with Crippen LogP contribution in [0.25, 0.3) is 11.0 Å². The largest absolute Gasteiger partial charge is 0.472 e. The lowest BCUT2D eigenvalue weighted by Crippen LogP contribution is -2.44. The third-order valence-corrected chi connectivity index (χ3v) is 7.23. The molecule has 37 heavy (non-hydrogen) atoms. The number of aryl methyl sites for hydroxylation is 1. The summed E-state index contributed by atoms with van der Waals surface area (Å²) in [4.78, 5) is 20.1. The lowest BCUT2D eigenvalue weighted by Gasteiger charge is -2.30. The number of ketones is 1. The van der Waals surface area contributed by atoms with E-state index in [2.05, 4.69) is 20.9 Å². The molecule has 9 heteroatoms. The minimum absolute atomic E-state index is 0.0283. The van der Waals surface area contributed by atoms with Gasteiger partial charge in [-0.25, -0.2) is 4.98 Å². The van der Waals surface area contributed by atoms with Crippen molar-refractivity contribution in [2.75, 3.05) is 37.7 Å². The summed E-state index contributed by atoms with van der Waals surface area (Å²) < 4.78 is 9.44. The number of nitrogens with one attached hydrogen (secondary N) is 1. The van der Waals surface area contributed by atoms with Crippen LogP contribution in [0.3, 0.4) is 0 Å². The van der Waals surface area contributed by atoms with Crippen molar-refractivity contribution < 1.29 is 9.21 Å². The van der Waals surface area contributed by atoms with Crippen molar-refractivity contribution in [1.29, 1.82) is 5.26 Å². The summed E-state index contributed by atoms with van der Waals surface area (Å²) in [7, 11) is 0.983. The highest BCUT2D eigenvalue weighted by Crippen LogP contribution is 2.34. The molecule has 1 fully saturated rings. The maximum absolute atomic E-state index is 13.1. The number of aromatic nitrogens is 3. The first-order chi connectivity index (χ1) is 18.1. The van der Waals surface area contributed by atoms with E-state index in [9.17, 15) is 10.1 Å². The molecule has 5 rings (SSSR count). The van der Waals surface area contributed by atoms with Gasteiger partial charge in [0.2, 0.25) is 0 Å². The van der Waals surface area contributed by atoms with Gasteiger partial charge in [-0.05, 0) is 25.7 Å². The Bertz CT molecular complexity index is 1490. The summed E-state index contributed by atoms with van der Waals surface area (Å²) in [6.45, 7) is 12.1. The first kappa shape index (κ1) is 26.4. The fourth-order valence-electron chi connectivity index (χ4n) is 4.71. The standard InChI is InChI=1S/C26H27N6O2P.C2H6/c1-18-4-3-5-20(12-18)22(33)15-31-17-29-23-21(13-27)25(30-9-7-28-8-10-30)32(24(23)26(31)35-2)14-19-6-11-34-16-19;1-2/h3-6,11-12,16-17,28H,7-10,14-15H2,1-2H3;1-2H3. The normalized spacial score (nSPS) is 13.8. The van der Waals surface area contributed by atoms with E-state index in [1.54, 1.807) is 18.9 Å². The molecule has 1 aromatic carbocycles. The SMILES string of the molecule is CC.CP=c1c2c(ncn1CC(=O)c1cccc(C)c1)c(C#N)c(N1CCNCC1)n2Cc1ccoc1. The molecule has 0 amide bonds. The van der Waals surface area contributed by atoms with Gasteiger partial charge in [-0.15, -0.1) is 0 Å². The molecule has 0 unspecified atom stereocenters. The number of nitriles is 1. The molecule has 1 aliphatic heterocycles. The number of furan rings is 1. The van der Waals surface area contributed by atoms with Gasteiger partial charge in [0.05, 0.1) is 42.5 Å². The molecule has 192 valence electrons. The van der Waals surface area contributed by atoms with E-state index in [-0.39, 0.29) is 12.3 Å². The van der Waals surface area contributed by atoms with Crippen molar-refractivity contribution >= 4 is 30.8 Å². The fraction of sp³-hybridized carbons (Fsp3) is 0.357. The highest BCUT2D eigenvalue weighted by molar-refractivity contribution is 7.28. The molecule has 0 radical (unpaired) electrons. The van der Waals surface area contributed by atoms with Crippen molar-refractivity contribution in [3.8, 4) is 6.07 Å². The molecule has 4 heterocycles. The van der Waals surface area contributed by atoms with Crippen molar-refractivity contribution in [2.24, 2.45) is 0 Å². The number of anilines is 1. The Morgan fingerprint density at radius 3 is 2.68 bits per heavy atom. The van der Waals surface area contributed by atoms with E-state index in [4.69, 9.17) is 9.40 Å². The maximum Gasteiger partial charge on any atom is 0.182 e. The summed E-state index contributed by atoms with van der Waals surface area (Å²) >= 11 is 0. The molecular weight excluding hydrogens is 483 g/mol. The second-order valence-electron chi connectivity index (χ2n) is 8.67. The number of nitrogens with zero attached hydrogens (tertiary/aromatic N) is 5. The summed E-state index contributed by atoms with van der Waals surface area (Å²) in [6.07, 6.45) is 5.09. The van der Waals surface area contributed by atoms with E-state index in [1.165, 1.54) is 0 Å². The van der Waals surface area contributed by atoms with Crippen LogP contribution in [0.1, 0.15) is 40.9 Å². The van der Waals surface area contributed by atoms with Gasteiger partial charge >= 0.3 is 0 Å². The Kier molecular flexibility index (Phi) is 8.60. The molecule has 3 aromatic heterocycles. The minimum atomic E-state index is 0.0283. The summed E-state index contributed by atoms with van der Waals surface area (Å²) in [6, 6.07) is 12.0. The van der Waals surface area contributed by atoms with Gasteiger partial charge in [0.15, 0.2) is 5.78 Å². The second kappa shape index (κ2) is 12.1. The minimum Gasteiger partial charge on any atom is -0.472 e. The molecule has 0 aliphatic carbocycles. The van der Waals surface area contributed by atoms with Gasteiger partial charge in [-0.1, -0.05) is 45.8 Å². The molecular formula is C28H33N6O2P. The number of Topliss-reactive ketones (excluding diaryl/α,β-unsaturated/α-hetero) is 1. The van der Waals surface area contributed by atoms with Crippen LogP contribution in [-0.4, -0.2) is 52.7 Å². The van der Waals surface area contributed by atoms with Crippen LogP contribution in [0.5, 0.6) is 0 Å². The predicted molar refractivity (Wildman–Crippen MR) is 148 cm³/mol. The molecule has 0 atom stereocenters. The number of benzene rings is 1.